The molecule has 0 aromatic heterocycles. The Morgan fingerprint density at radius 2 is 1.82 bits per heavy atom. The van der Waals surface area contributed by atoms with E-state index in [0.717, 1.165) is 42.5 Å². The van der Waals surface area contributed by atoms with E-state index in [2.05, 4.69) is 38.9 Å². The topological polar surface area (TPSA) is 105 Å². The summed E-state index contributed by atoms with van der Waals surface area (Å²) >= 11 is 0. The average molecular weight is 544 g/mol. The maximum Gasteiger partial charge on any atom is 0.331 e. The molecular weight excluding hydrogens is 494 g/mol. The minimum atomic E-state index is -0.947. The van der Waals surface area contributed by atoms with E-state index >= 15 is 0 Å². The Bertz CT molecular complexity index is 1090. The number of oxime groups is 1. The van der Waals surface area contributed by atoms with Crippen LogP contribution in [0.5, 0.6) is 0 Å². The summed E-state index contributed by atoms with van der Waals surface area (Å²) in [6.07, 6.45) is 6.78. The summed E-state index contributed by atoms with van der Waals surface area (Å²) in [4.78, 5) is 30.1. The van der Waals surface area contributed by atoms with E-state index in [4.69, 9.17) is 9.57 Å². The number of hydrogen-bond acceptors (Lipinski definition) is 6. The Kier molecular flexibility index (Phi) is 8.17. The molecule has 0 spiro atoms. The molecule has 218 valence electrons. The molecule has 9 atom stereocenters. The lowest BCUT2D eigenvalue weighted by atomic mass is 9.36. The number of carboxylic acids is 1. The lowest BCUT2D eigenvalue weighted by Gasteiger charge is -2.68. The van der Waals surface area contributed by atoms with E-state index in [0.29, 0.717) is 37.2 Å². The zero-order valence-electron chi connectivity index (χ0n) is 25.2. The van der Waals surface area contributed by atoms with Gasteiger partial charge in [0.15, 0.2) is 0 Å². The highest BCUT2D eigenvalue weighted by Gasteiger charge is 2.70. The third-order valence-electron chi connectivity index (χ3n) is 11.6. The molecule has 0 radical (unpaired) electrons. The van der Waals surface area contributed by atoms with Crippen molar-refractivity contribution >= 4 is 17.7 Å². The Labute approximate surface area is 234 Å². The van der Waals surface area contributed by atoms with Gasteiger partial charge in [0, 0.05) is 18.4 Å². The number of fused-ring (bicyclic) bond motifs is 5. The first-order valence-electron chi connectivity index (χ1n) is 14.8. The Morgan fingerprint density at radius 1 is 1.13 bits per heavy atom. The normalized spacial score (nSPS) is 43.6. The highest BCUT2D eigenvalue weighted by atomic mass is 16.6. The SMILES string of the molecule is CO/N=C1\CC[C@@]2(C)[C@@H](CC[C@@]3(C)[C@H]2[C@H](O)C[C@H]2/C(=C(\CCC=C(C)C)C(=O)O)[C@@H](OC(C)=O)C[C@@]23C)[C@@H]1C. The van der Waals surface area contributed by atoms with Gasteiger partial charge in [-0.05, 0) is 105 Å². The number of esters is 1. The second-order valence-electron chi connectivity index (χ2n) is 13.7. The van der Waals surface area contributed by atoms with Crippen LogP contribution in [0.4, 0.5) is 0 Å². The van der Waals surface area contributed by atoms with Crippen molar-refractivity contribution in [2.45, 2.75) is 112 Å². The molecule has 0 aromatic carbocycles. The number of carbonyl (C=O) groups is 2. The van der Waals surface area contributed by atoms with E-state index < -0.39 is 24.1 Å². The van der Waals surface area contributed by atoms with Crippen LogP contribution in [0.2, 0.25) is 0 Å². The summed E-state index contributed by atoms with van der Waals surface area (Å²) in [5.41, 5.74) is 2.73. The smallest absolute Gasteiger partial charge is 0.331 e. The van der Waals surface area contributed by atoms with Crippen molar-refractivity contribution in [1.29, 1.82) is 0 Å². The summed E-state index contributed by atoms with van der Waals surface area (Å²) in [5.74, 6) is -0.745. The summed E-state index contributed by atoms with van der Waals surface area (Å²) in [7, 11) is 1.60. The molecule has 4 fully saturated rings. The van der Waals surface area contributed by atoms with Crippen LogP contribution in [0, 0.1) is 39.9 Å². The second-order valence-corrected chi connectivity index (χ2v) is 13.7. The van der Waals surface area contributed by atoms with Crippen LogP contribution in [0.3, 0.4) is 0 Å². The number of aliphatic hydroxyl groups is 1. The van der Waals surface area contributed by atoms with Crippen molar-refractivity contribution in [2.75, 3.05) is 7.11 Å². The van der Waals surface area contributed by atoms with Gasteiger partial charge in [0.25, 0.3) is 0 Å². The van der Waals surface area contributed by atoms with Crippen molar-refractivity contribution in [3.8, 4) is 0 Å². The number of nitrogens with zero attached hydrogens (tertiary/aromatic N) is 1. The Morgan fingerprint density at radius 3 is 2.41 bits per heavy atom. The first kappa shape index (κ1) is 29.8. The van der Waals surface area contributed by atoms with Crippen LogP contribution in [-0.4, -0.2) is 47.2 Å². The van der Waals surface area contributed by atoms with Gasteiger partial charge in [0.05, 0.1) is 11.8 Å². The third kappa shape index (κ3) is 4.76. The molecule has 0 aliphatic heterocycles. The van der Waals surface area contributed by atoms with E-state index in [1.54, 1.807) is 7.11 Å². The molecule has 4 rings (SSSR count). The first-order chi connectivity index (χ1) is 18.2. The molecule has 0 bridgehead atoms. The molecule has 0 unspecified atom stereocenters. The van der Waals surface area contributed by atoms with Gasteiger partial charge in [-0.2, -0.15) is 0 Å². The van der Waals surface area contributed by atoms with Gasteiger partial charge in [-0.15, -0.1) is 0 Å². The Hall–Kier alpha value is -2.15. The van der Waals surface area contributed by atoms with Gasteiger partial charge in [-0.25, -0.2) is 4.79 Å². The maximum absolute atomic E-state index is 12.7. The van der Waals surface area contributed by atoms with E-state index in [9.17, 15) is 19.8 Å². The van der Waals surface area contributed by atoms with Gasteiger partial charge in [0.2, 0.25) is 0 Å². The minimum absolute atomic E-state index is 0.0628. The molecule has 4 aliphatic rings. The van der Waals surface area contributed by atoms with Crippen LogP contribution in [-0.2, 0) is 19.2 Å². The monoisotopic (exact) mass is 543 g/mol. The van der Waals surface area contributed by atoms with Gasteiger partial charge in [0.1, 0.15) is 13.2 Å². The molecular formula is C32H49NO6. The van der Waals surface area contributed by atoms with Gasteiger partial charge in [-0.1, -0.05) is 44.5 Å². The van der Waals surface area contributed by atoms with Crippen molar-refractivity contribution in [3.63, 3.8) is 0 Å². The van der Waals surface area contributed by atoms with Gasteiger partial charge < -0.3 is 19.8 Å². The number of carboxylic acid groups (broad SMARTS) is 1. The average Bonchev–Trinajstić information content (AvgIpc) is 3.09. The number of allylic oxidation sites excluding steroid dienone is 2. The zero-order valence-corrected chi connectivity index (χ0v) is 25.2. The van der Waals surface area contributed by atoms with Crippen LogP contribution < -0.4 is 0 Å². The maximum atomic E-state index is 12.7. The van der Waals surface area contributed by atoms with Gasteiger partial charge >= 0.3 is 11.9 Å². The predicted molar refractivity (Wildman–Crippen MR) is 151 cm³/mol. The fourth-order valence-corrected chi connectivity index (χ4v) is 9.86. The summed E-state index contributed by atoms with van der Waals surface area (Å²) < 4.78 is 5.90. The molecule has 7 nitrogen and oxygen atoms in total. The van der Waals surface area contributed by atoms with Crippen LogP contribution in [0.1, 0.15) is 99.8 Å². The van der Waals surface area contributed by atoms with E-state index in [-0.39, 0.29) is 34.0 Å². The second kappa shape index (κ2) is 10.7. The summed E-state index contributed by atoms with van der Waals surface area (Å²) in [5, 5.41) is 26.7. The molecule has 7 heteroatoms. The van der Waals surface area contributed by atoms with Crippen LogP contribution in [0.25, 0.3) is 0 Å². The fraction of sp³-hybridized carbons (Fsp3) is 0.781. The molecule has 0 aromatic rings. The molecule has 0 saturated heterocycles. The standard InChI is InChI=1S/C32H49NO6/c1-18(2)10-9-11-21(29(36)37)27-23-16-25(35)28-30(5)14-13-24(33-38-8)19(3)22(30)12-15-31(28,6)32(23,7)17-26(27)39-20(4)34/h10,19,22-23,25-26,28,35H,9,11-17H2,1-8H3,(H,36,37)/b27-21-,33-24+/t19-,22-,23-,25+,26-,28-,30-,31-,32-/m0/s1. The molecule has 39 heavy (non-hydrogen) atoms. The fourth-order valence-electron chi connectivity index (χ4n) is 9.86. The number of rotatable bonds is 6. The lowest BCUT2D eigenvalue weighted by Crippen LogP contribution is -2.65. The largest absolute Gasteiger partial charge is 0.478 e. The summed E-state index contributed by atoms with van der Waals surface area (Å²) in [6, 6.07) is 0. The number of hydrogen-bond donors (Lipinski definition) is 2. The quantitative estimate of drug-likeness (QED) is 0.176. The van der Waals surface area contributed by atoms with Crippen molar-refractivity contribution < 1.29 is 29.4 Å². The van der Waals surface area contributed by atoms with Crippen molar-refractivity contribution in [1.82, 2.24) is 0 Å². The number of carbonyl (C=O) groups excluding carboxylic acids is 1. The Balaban J connectivity index is 1.81. The van der Waals surface area contributed by atoms with Crippen LogP contribution >= 0.6 is 0 Å². The molecule has 2 N–H and O–H groups in total. The molecule has 0 heterocycles. The molecule has 0 amide bonds. The number of aliphatic hydroxyl groups excluding tert-OH is 1. The predicted octanol–water partition coefficient (Wildman–Crippen LogP) is 6.31. The highest BCUT2D eigenvalue weighted by Crippen LogP contribution is 2.74. The first-order valence-corrected chi connectivity index (χ1v) is 14.8. The molecule has 4 saturated carbocycles. The minimum Gasteiger partial charge on any atom is -0.478 e. The third-order valence-corrected chi connectivity index (χ3v) is 11.6. The lowest BCUT2D eigenvalue weighted by molar-refractivity contribution is -0.218. The number of aliphatic carboxylic acids is 1. The number of ether oxygens (including phenoxy) is 1. The van der Waals surface area contributed by atoms with Crippen molar-refractivity contribution in [2.24, 2.45) is 45.1 Å². The van der Waals surface area contributed by atoms with E-state index in [1.807, 2.05) is 13.8 Å². The van der Waals surface area contributed by atoms with E-state index in [1.165, 1.54) is 6.92 Å². The van der Waals surface area contributed by atoms with Crippen molar-refractivity contribution in [3.05, 3.63) is 22.8 Å². The highest BCUT2D eigenvalue weighted by molar-refractivity contribution is 5.88. The molecule has 4 aliphatic carbocycles. The summed E-state index contributed by atoms with van der Waals surface area (Å²) in [6.45, 7) is 14.6. The van der Waals surface area contributed by atoms with Crippen LogP contribution in [0.15, 0.2) is 28.0 Å². The zero-order chi connectivity index (χ0) is 28.9. The van der Waals surface area contributed by atoms with Gasteiger partial charge in [-0.3, -0.25) is 4.79 Å².